The van der Waals surface area contributed by atoms with Gasteiger partial charge in [-0.15, -0.1) is 5.10 Å². The Morgan fingerprint density at radius 1 is 1.13 bits per heavy atom. The van der Waals surface area contributed by atoms with E-state index in [9.17, 15) is 0 Å². The fraction of sp³-hybridized carbons (Fsp3) is 0.118. The smallest absolute Gasteiger partial charge is 0.161 e. The van der Waals surface area contributed by atoms with Gasteiger partial charge in [0.05, 0.1) is 13.7 Å². The number of hydrogen-bond acceptors (Lipinski definition) is 5. The van der Waals surface area contributed by atoms with Gasteiger partial charge in [0.25, 0.3) is 0 Å². The average molecular weight is 322 g/mol. The number of aromatic nitrogens is 3. The summed E-state index contributed by atoms with van der Waals surface area (Å²) in [6.45, 7) is 0.577. The van der Waals surface area contributed by atoms with E-state index >= 15 is 0 Å². The molecule has 0 aliphatic carbocycles. The monoisotopic (exact) mass is 322 g/mol. The summed E-state index contributed by atoms with van der Waals surface area (Å²) >= 11 is 1.00. The van der Waals surface area contributed by atoms with Crippen molar-refractivity contribution in [3.05, 3.63) is 60.2 Å². The highest BCUT2D eigenvalue weighted by molar-refractivity contribution is 8.03. The average Bonchev–Trinajstić information content (AvgIpc) is 2.98. The molecule has 0 radical (unpaired) electrons. The summed E-state index contributed by atoms with van der Waals surface area (Å²) in [5.41, 5.74) is 2.77. The standard InChI is InChI=1S/C17H14N4OS/c1-22-15-10-6-5-9-14(15)16-17(23-12-18)19-20-21(16)11-13-7-3-2-4-8-13/h2-10H,11H2,1H3. The molecule has 0 aliphatic rings. The lowest BCUT2D eigenvalue weighted by molar-refractivity contribution is 0.416. The molecular weight excluding hydrogens is 308 g/mol. The summed E-state index contributed by atoms with van der Waals surface area (Å²) in [7, 11) is 1.63. The van der Waals surface area contributed by atoms with Crippen LogP contribution in [0.2, 0.25) is 0 Å². The second kappa shape index (κ2) is 6.99. The fourth-order valence-corrected chi connectivity index (χ4v) is 2.85. The molecule has 0 atom stereocenters. The summed E-state index contributed by atoms with van der Waals surface area (Å²) in [6, 6.07) is 17.7. The molecule has 3 aromatic rings. The van der Waals surface area contributed by atoms with Crippen molar-refractivity contribution in [3.8, 4) is 22.4 Å². The first kappa shape index (κ1) is 15.1. The Labute approximate surface area is 138 Å². The SMILES string of the molecule is COc1ccccc1-c1c(SC#N)nnn1Cc1ccccc1. The molecule has 0 spiro atoms. The predicted molar refractivity (Wildman–Crippen MR) is 89.0 cm³/mol. The van der Waals surface area contributed by atoms with Crippen LogP contribution in [0.1, 0.15) is 5.56 Å². The molecular formula is C17H14N4OS. The number of ether oxygens (including phenoxy) is 1. The maximum Gasteiger partial charge on any atom is 0.161 e. The van der Waals surface area contributed by atoms with Crippen molar-refractivity contribution in [3.63, 3.8) is 0 Å². The number of thiocyanates is 1. The van der Waals surface area contributed by atoms with Gasteiger partial charge in [-0.3, -0.25) is 0 Å². The maximum absolute atomic E-state index is 9.02. The van der Waals surface area contributed by atoms with Crippen LogP contribution in [0.4, 0.5) is 0 Å². The molecule has 0 unspecified atom stereocenters. The first-order valence-corrected chi connectivity index (χ1v) is 7.82. The summed E-state index contributed by atoms with van der Waals surface area (Å²) in [5, 5.41) is 20.0. The highest BCUT2D eigenvalue weighted by atomic mass is 32.2. The predicted octanol–water partition coefficient (Wildman–Crippen LogP) is 3.58. The normalized spacial score (nSPS) is 10.3. The molecule has 5 nitrogen and oxygen atoms in total. The number of methoxy groups -OCH3 is 1. The van der Waals surface area contributed by atoms with Crippen LogP contribution in [0.5, 0.6) is 5.75 Å². The zero-order chi connectivity index (χ0) is 16.1. The quantitative estimate of drug-likeness (QED) is 0.531. The van der Waals surface area contributed by atoms with Crippen LogP contribution in [0.25, 0.3) is 11.3 Å². The Hall–Kier alpha value is -2.78. The van der Waals surface area contributed by atoms with E-state index in [4.69, 9.17) is 10.00 Å². The molecule has 0 saturated carbocycles. The Balaban J connectivity index is 2.10. The Morgan fingerprint density at radius 3 is 2.61 bits per heavy atom. The van der Waals surface area contributed by atoms with Crippen LogP contribution >= 0.6 is 11.8 Å². The van der Waals surface area contributed by atoms with Crippen LogP contribution in [0.15, 0.2) is 59.6 Å². The molecule has 2 aromatic carbocycles. The number of benzene rings is 2. The molecule has 3 rings (SSSR count). The highest BCUT2D eigenvalue weighted by Crippen LogP contribution is 2.35. The summed E-state index contributed by atoms with van der Waals surface area (Å²) < 4.78 is 7.24. The molecule has 0 fully saturated rings. The third-order valence-electron chi connectivity index (χ3n) is 3.38. The lowest BCUT2D eigenvalue weighted by Gasteiger charge is -2.11. The Morgan fingerprint density at radius 2 is 1.87 bits per heavy atom. The summed E-state index contributed by atoms with van der Waals surface area (Å²) in [5.74, 6) is 0.726. The van der Waals surface area contributed by atoms with E-state index in [0.717, 1.165) is 34.3 Å². The van der Waals surface area contributed by atoms with Gasteiger partial charge in [0.15, 0.2) is 5.03 Å². The van der Waals surface area contributed by atoms with Crippen LogP contribution in [0, 0.1) is 10.7 Å². The van der Waals surface area contributed by atoms with Crippen molar-refractivity contribution in [1.82, 2.24) is 15.0 Å². The van der Waals surface area contributed by atoms with Gasteiger partial charge in [0, 0.05) is 17.3 Å². The lowest BCUT2D eigenvalue weighted by Crippen LogP contribution is -2.04. The van der Waals surface area contributed by atoms with E-state index < -0.39 is 0 Å². The van der Waals surface area contributed by atoms with Crippen molar-refractivity contribution in [2.24, 2.45) is 0 Å². The van der Waals surface area contributed by atoms with E-state index in [-0.39, 0.29) is 0 Å². The Bertz CT molecular complexity index is 839. The van der Waals surface area contributed by atoms with Gasteiger partial charge in [0.2, 0.25) is 0 Å². The van der Waals surface area contributed by atoms with Crippen LogP contribution in [0.3, 0.4) is 0 Å². The van der Waals surface area contributed by atoms with Gasteiger partial charge in [-0.1, -0.05) is 47.7 Å². The topological polar surface area (TPSA) is 63.7 Å². The van der Waals surface area contributed by atoms with Gasteiger partial charge in [-0.2, -0.15) is 5.26 Å². The molecule has 0 aliphatic heterocycles. The number of hydrogen-bond donors (Lipinski definition) is 0. The highest BCUT2D eigenvalue weighted by Gasteiger charge is 2.19. The first-order chi connectivity index (χ1) is 11.3. The molecule has 23 heavy (non-hydrogen) atoms. The zero-order valence-electron chi connectivity index (χ0n) is 12.5. The molecule has 0 N–H and O–H groups in total. The van der Waals surface area contributed by atoms with Gasteiger partial charge in [0.1, 0.15) is 16.8 Å². The second-order valence-corrected chi connectivity index (χ2v) is 5.55. The number of thioether (sulfide) groups is 1. The first-order valence-electron chi connectivity index (χ1n) is 7.00. The van der Waals surface area contributed by atoms with E-state index in [1.54, 1.807) is 11.8 Å². The third-order valence-corrected chi connectivity index (χ3v) is 3.94. The van der Waals surface area contributed by atoms with Crippen molar-refractivity contribution >= 4 is 11.8 Å². The van der Waals surface area contributed by atoms with Crippen LogP contribution in [-0.4, -0.2) is 22.1 Å². The van der Waals surface area contributed by atoms with E-state index in [2.05, 4.69) is 15.7 Å². The summed E-state index contributed by atoms with van der Waals surface area (Å²) in [4.78, 5) is 0. The number of rotatable bonds is 5. The molecule has 0 saturated heterocycles. The number of nitrogens with zero attached hydrogens (tertiary/aromatic N) is 4. The second-order valence-electron chi connectivity index (χ2n) is 4.78. The van der Waals surface area contributed by atoms with Crippen molar-refractivity contribution in [1.29, 1.82) is 5.26 Å². The minimum Gasteiger partial charge on any atom is -0.496 e. The van der Waals surface area contributed by atoms with Gasteiger partial charge in [-0.05, 0) is 17.7 Å². The summed E-state index contributed by atoms with van der Waals surface area (Å²) in [6.07, 6.45) is 0. The minimum atomic E-state index is 0.577. The maximum atomic E-state index is 9.02. The minimum absolute atomic E-state index is 0.577. The van der Waals surface area contributed by atoms with Crippen molar-refractivity contribution < 1.29 is 4.74 Å². The van der Waals surface area contributed by atoms with Crippen molar-refractivity contribution in [2.75, 3.05) is 7.11 Å². The van der Waals surface area contributed by atoms with Gasteiger partial charge >= 0.3 is 0 Å². The number of nitriles is 1. The largest absolute Gasteiger partial charge is 0.496 e. The Kier molecular flexibility index (Phi) is 4.60. The fourth-order valence-electron chi connectivity index (χ4n) is 2.37. The van der Waals surface area contributed by atoms with E-state index in [1.807, 2.05) is 54.6 Å². The molecule has 0 amide bonds. The molecule has 0 bridgehead atoms. The van der Waals surface area contributed by atoms with E-state index in [0.29, 0.717) is 11.6 Å². The van der Waals surface area contributed by atoms with Crippen LogP contribution in [-0.2, 0) is 6.54 Å². The molecule has 1 heterocycles. The zero-order valence-corrected chi connectivity index (χ0v) is 13.3. The molecule has 1 aromatic heterocycles. The van der Waals surface area contributed by atoms with Gasteiger partial charge in [-0.25, -0.2) is 4.68 Å². The third kappa shape index (κ3) is 3.20. The van der Waals surface area contributed by atoms with Gasteiger partial charge < -0.3 is 4.74 Å². The lowest BCUT2D eigenvalue weighted by atomic mass is 10.1. The van der Waals surface area contributed by atoms with Crippen LogP contribution < -0.4 is 4.74 Å². The molecule has 114 valence electrons. The number of para-hydroxylation sites is 1. The van der Waals surface area contributed by atoms with Crippen molar-refractivity contribution in [2.45, 2.75) is 11.6 Å². The molecule has 6 heteroatoms. The van der Waals surface area contributed by atoms with E-state index in [1.165, 1.54) is 0 Å².